The van der Waals surface area contributed by atoms with Crippen molar-refractivity contribution in [3.8, 4) is 0 Å². The number of unbranched alkanes of at least 4 members (excludes halogenated alkanes) is 4. The first-order chi connectivity index (χ1) is 12.4. The normalized spacial score (nSPS) is 16.1. The number of nitrogens with zero attached hydrogens (tertiary/aromatic N) is 3. The molecule has 0 aromatic heterocycles. The second-order valence-corrected chi connectivity index (χ2v) is 8.11. The van der Waals surface area contributed by atoms with Crippen molar-refractivity contribution in [2.24, 2.45) is 10.4 Å². The second kappa shape index (κ2) is 14.4. The Bertz CT molecular complexity index is 434. The van der Waals surface area contributed by atoms with Gasteiger partial charge in [-0.1, -0.05) is 32.1 Å². The fourth-order valence-electron chi connectivity index (χ4n) is 3.76. The lowest BCUT2D eigenvalue weighted by Crippen LogP contribution is -2.49. The van der Waals surface area contributed by atoms with Crippen LogP contribution in [0.1, 0.15) is 57.8 Å². The predicted molar refractivity (Wildman–Crippen MR) is 126 cm³/mol. The standard InChI is InChI=1S/C20H41N5O.HI/c1-21-19(22-15-11-7-6-8-12-16-24(2)3)23-17-20(13-9-10-14-20)18(26)25(4)5;/h6-17H2,1-5H3,(H2,21,22,23);1H. The number of nitrogens with one attached hydrogen (secondary N) is 2. The summed E-state index contributed by atoms with van der Waals surface area (Å²) >= 11 is 0. The summed E-state index contributed by atoms with van der Waals surface area (Å²) in [7, 11) is 9.77. The molecule has 1 saturated carbocycles. The van der Waals surface area contributed by atoms with E-state index in [1.54, 1.807) is 11.9 Å². The number of rotatable bonds is 11. The molecule has 0 heterocycles. The molecule has 0 radical (unpaired) electrons. The zero-order valence-corrected chi connectivity index (χ0v) is 20.5. The fourth-order valence-corrected chi connectivity index (χ4v) is 3.76. The van der Waals surface area contributed by atoms with E-state index in [4.69, 9.17) is 0 Å². The third-order valence-corrected chi connectivity index (χ3v) is 5.31. The highest BCUT2D eigenvalue weighted by molar-refractivity contribution is 14.0. The van der Waals surface area contributed by atoms with Gasteiger partial charge in [0.2, 0.25) is 5.91 Å². The average Bonchev–Trinajstić information content (AvgIpc) is 3.08. The minimum atomic E-state index is -0.256. The molecule has 0 spiro atoms. The smallest absolute Gasteiger partial charge is 0.230 e. The molecule has 1 fully saturated rings. The summed E-state index contributed by atoms with van der Waals surface area (Å²) in [6.07, 6.45) is 10.5. The number of carbonyl (C=O) groups is 1. The minimum Gasteiger partial charge on any atom is -0.356 e. The molecule has 2 N–H and O–H groups in total. The molecule has 1 rings (SSSR count). The average molecular weight is 495 g/mol. The molecule has 0 bridgehead atoms. The molecule has 0 unspecified atom stereocenters. The third-order valence-electron chi connectivity index (χ3n) is 5.31. The molecule has 160 valence electrons. The van der Waals surface area contributed by atoms with Gasteiger partial charge in [-0.3, -0.25) is 9.79 Å². The van der Waals surface area contributed by atoms with Crippen LogP contribution in [0, 0.1) is 5.41 Å². The predicted octanol–water partition coefficient (Wildman–Crippen LogP) is 2.93. The fraction of sp³-hybridized carbons (Fsp3) is 0.900. The SMILES string of the molecule is CN=C(NCCCCCCCN(C)C)NCC1(C(=O)N(C)C)CCCC1.I. The Kier molecular flexibility index (Phi) is 14.1. The van der Waals surface area contributed by atoms with E-state index in [1.165, 1.54) is 32.2 Å². The van der Waals surface area contributed by atoms with E-state index in [2.05, 4.69) is 34.6 Å². The third kappa shape index (κ3) is 9.96. The number of aliphatic imine (C=N–C) groups is 1. The zero-order valence-electron chi connectivity index (χ0n) is 18.1. The van der Waals surface area contributed by atoms with Crippen molar-refractivity contribution in [3.63, 3.8) is 0 Å². The first-order valence-corrected chi connectivity index (χ1v) is 10.2. The number of hydrogen-bond acceptors (Lipinski definition) is 3. The van der Waals surface area contributed by atoms with Crippen LogP contribution in [-0.2, 0) is 4.79 Å². The Balaban J connectivity index is 0.00000676. The second-order valence-electron chi connectivity index (χ2n) is 8.11. The van der Waals surface area contributed by atoms with Gasteiger partial charge in [0.25, 0.3) is 0 Å². The van der Waals surface area contributed by atoms with Gasteiger partial charge in [-0.25, -0.2) is 0 Å². The molecule has 0 atom stereocenters. The van der Waals surface area contributed by atoms with Crippen LogP contribution < -0.4 is 10.6 Å². The molecule has 1 amide bonds. The quantitative estimate of drug-likeness (QED) is 0.200. The topological polar surface area (TPSA) is 60.0 Å². The van der Waals surface area contributed by atoms with E-state index >= 15 is 0 Å². The summed E-state index contributed by atoms with van der Waals surface area (Å²) in [5, 5.41) is 6.79. The van der Waals surface area contributed by atoms with Crippen LogP contribution in [-0.4, -0.2) is 76.5 Å². The van der Waals surface area contributed by atoms with Gasteiger partial charge in [-0.05, 0) is 46.3 Å². The van der Waals surface area contributed by atoms with Crippen molar-refractivity contribution >= 4 is 35.8 Å². The van der Waals surface area contributed by atoms with Crippen molar-refractivity contribution in [2.75, 3.05) is 54.9 Å². The maximum absolute atomic E-state index is 12.6. The van der Waals surface area contributed by atoms with Crippen molar-refractivity contribution in [1.82, 2.24) is 20.4 Å². The van der Waals surface area contributed by atoms with Gasteiger partial charge in [0.05, 0.1) is 5.41 Å². The zero-order chi connectivity index (χ0) is 19.4. The summed E-state index contributed by atoms with van der Waals surface area (Å²) in [6.45, 7) is 2.79. The Morgan fingerprint density at radius 3 is 2.11 bits per heavy atom. The Morgan fingerprint density at radius 1 is 0.963 bits per heavy atom. The Morgan fingerprint density at radius 2 is 1.56 bits per heavy atom. The molecule has 0 saturated heterocycles. The summed E-state index contributed by atoms with van der Waals surface area (Å²) in [5.74, 6) is 1.06. The molecular formula is C20H42IN5O. The highest BCUT2D eigenvalue weighted by Crippen LogP contribution is 2.38. The molecule has 7 heteroatoms. The van der Waals surface area contributed by atoms with Gasteiger partial charge < -0.3 is 20.4 Å². The van der Waals surface area contributed by atoms with Gasteiger partial charge in [-0.15, -0.1) is 24.0 Å². The minimum absolute atomic E-state index is 0. The molecule has 27 heavy (non-hydrogen) atoms. The maximum atomic E-state index is 12.6. The summed E-state index contributed by atoms with van der Waals surface area (Å²) < 4.78 is 0. The molecule has 6 nitrogen and oxygen atoms in total. The summed E-state index contributed by atoms with van der Waals surface area (Å²) in [4.78, 5) is 20.9. The number of halogens is 1. The van der Waals surface area contributed by atoms with Crippen molar-refractivity contribution in [1.29, 1.82) is 0 Å². The van der Waals surface area contributed by atoms with Gasteiger partial charge in [-0.2, -0.15) is 0 Å². The van der Waals surface area contributed by atoms with Crippen LogP contribution in [0.2, 0.25) is 0 Å². The number of amides is 1. The first-order valence-electron chi connectivity index (χ1n) is 10.2. The number of guanidine groups is 1. The molecule has 0 aliphatic heterocycles. The molecular weight excluding hydrogens is 453 g/mol. The maximum Gasteiger partial charge on any atom is 0.230 e. The Hall–Kier alpha value is -0.570. The van der Waals surface area contributed by atoms with Crippen LogP contribution in [0.5, 0.6) is 0 Å². The van der Waals surface area contributed by atoms with E-state index in [1.807, 2.05) is 14.1 Å². The van der Waals surface area contributed by atoms with E-state index < -0.39 is 0 Å². The van der Waals surface area contributed by atoms with E-state index in [0.29, 0.717) is 6.54 Å². The van der Waals surface area contributed by atoms with Crippen LogP contribution in [0.4, 0.5) is 0 Å². The molecule has 0 aromatic carbocycles. The highest BCUT2D eigenvalue weighted by Gasteiger charge is 2.42. The number of hydrogen-bond donors (Lipinski definition) is 2. The lowest BCUT2D eigenvalue weighted by molar-refractivity contribution is -0.138. The van der Waals surface area contributed by atoms with Crippen LogP contribution in [0.3, 0.4) is 0 Å². The van der Waals surface area contributed by atoms with Gasteiger partial charge in [0.1, 0.15) is 0 Å². The van der Waals surface area contributed by atoms with Crippen LogP contribution in [0.25, 0.3) is 0 Å². The molecule has 0 aromatic rings. The Labute approximate surface area is 183 Å². The monoisotopic (exact) mass is 495 g/mol. The highest BCUT2D eigenvalue weighted by atomic mass is 127. The van der Waals surface area contributed by atoms with Gasteiger partial charge in [0.15, 0.2) is 5.96 Å². The van der Waals surface area contributed by atoms with E-state index in [0.717, 1.165) is 44.6 Å². The molecule has 1 aliphatic carbocycles. The van der Waals surface area contributed by atoms with Crippen LogP contribution in [0.15, 0.2) is 4.99 Å². The lowest BCUT2D eigenvalue weighted by Gasteiger charge is -2.31. The number of carbonyl (C=O) groups excluding carboxylic acids is 1. The van der Waals surface area contributed by atoms with E-state index in [9.17, 15) is 4.79 Å². The van der Waals surface area contributed by atoms with E-state index in [-0.39, 0.29) is 35.3 Å². The van der Waals surface area contributed by atoms with Gasteiger partial charge in [0, 0.05) is 34.2 Å². The summed E-state index contributed by atoms with van der Waals surface area (Å²) in [6, 6.07) is 0. The first kappa shape index (κ1) is 26.4. The van der Waals surface area contributed by atoms with Crippen molar-refractivity contribution in [3.05, 3.63) is 0 Å². The van der Waals surface area contributed by atoms with Crippen molar-refractivity contribution in [2.45, 2.75) is 57.8 Å². The van der Waals surface area contributed by atoms with Gasteiger partial charge >= 0.3 is 0 Å². The van der Waals surface area contributed by atoms with Crippen LogP contribution >= 0.6 is 24.0 Å². The largest absolute Gasteiger partial charge is 0.356 e. The molecule has 1 aliphatic rings. The van der Waals surface area contributed by atoms with Crippen molar-refractivity contribution < 1.29 is 4.79 Å². The summed E-state index contributed by atoms with van der Waals surface area (Å²) in [5.41, 5.74) is -0.256. The lowest BCUT2D eigenvalue weighted by atomic mass is 9.84.